The van der Waals surface area contributed by atoms with Crippen LogP contribution in [0.15, 0.2) is 36.4 Å². The molecular formula is C17H11ClF3N3O5. The number of nitro groups is 1. The molecule has 0 fully saturated rings. The molecule has 1 aliphatic heterocycles. The van der Waals surface area contributed by atoms with Gasteiger partial charge in [0.2, 0.25) is 5.91 Å². The molecule has 0 radical (unpaired) electrons. The lowest BCUT2D eigenvalue weighted by Crippen LogP contribution is -2.41. The molecule has 8 nitrogen and oxygen atoms in total. The Balaban J connectivity index is 1.80. The fourth-order valence-corrected chi connectivity index (χ4v) is 2.82. The van der Waals surface area contributed by atoms with Crippen molar-refractivity contribution < 1.29 is 32.4 Å². The van der Waals surface area contributed by atoms with Gasteiger partial charge in [-0.25, -0.2) is 4.79 Å². The summed E-state index contributed by atoms with van der Waals surface area (Å²) in [7, 11) is 0. The van der Waals surface area contributed by atoms with E-state index in [1.165, 1.54) is 17.0 Å². The molecule has 2 aromatic carbocycles. The van der Waals surface area contributed by atoms with Crippen molar-refractivity contribution in [2.24, 2.45) is 0 Å². The van der Waals surface area contributed by atoms with E-state index in [9.17, 15) is 32.9 Å². The van der Waals surface area contributed by atoms with Crippen LogP contribution in [0.1, 0.15) is 5.56 Å². The van der Waals surface area contributed by atoms with Gasteiger partial charge in [-0.1, -0.05) is 11.6 Å². The summed E-state index contributed by atoms with van der Waals surface area (Å²) < 4.78 is 43.5. The minimum atomic E-state index is -4.62. The van der Waals surface area contributed by atoms with Crippen LogP contribution in [0, 0.1) is 10.1 Å². The quantitative estimate of drug-likeness (QED) is 0.344. The second-order valence-corrected chi connectivity index (χ2v) is 6.39. The summed E-state index contributed by atoms with van der Waals surface area (Å²) in [5, 5.41) is 13.0. The summed E-state index contributed by atoms with van der Waals surface area (Å²) in [6, 6.07) is 6.01. The highest BCUT2D eigenvalue weighted by molar-refractivity contribution is 6.33. The summed E-state index contributed by atoms with van der Waals surface area (Å²) in [5.74, 6) is -1.59. The lowest BCUT2D eigenvalue weighted by Gasteiger charge is -2.29. The third-order valence-electron chi connectivity index (χ3n) is 3.94. The summed E-state index contributed by atoms with van der Waals surface area (Å²) in [6.45, 7) is -0.749. The van der Waals surface area contributed by atoms with E-state index in [-0.39, 0.29) is 34.4 Å². The molecule has 2 aromatic rings. The van der Waals surface area contributed by atoms with Gasteiger partial charge in [0, 0.05) is 6.07 Å². The maximum absolute atomic E-state index is 12.8. The van der Waals surface area contributed by atoms with Gasteiger partial charge in [-0.2, -0.15) is 13.2 Å². The zero-order valence-corrected chi connectivity index (χ0v) is 15.1. The highest BCUT2D eigenvalue weighted by Gasteiger charge is 2.31. The molecule has 0 unspecified atom stereocenters. The van der Waals surface area contributed by atoms with Crippen molar-refractivity contribution in [2.75, 3.05) is 23.3 Å². The van der Waals surface area contributed by atoms with Gasteiger partial charge in [0.25, 0.3) is 5.69 Å². The summed E-state index contributed by atoms with van der Waals surface area (Å²) >= 11 is 5.85. The number of hydrogen-bond acceptors (Lipinski definition) is 6. The smallest absolute Gasteiger partial charge is 0.416 e. The minimum Gasteiger partial charge on any atom is -0.423 e. The minimum absolute atomic E-state index is 0.0968. The number of amides is 1. The molecule has 3 rings (SSSR count). The monoisotopic (exact) mass is 429 g/mol. The Morgan fingerprint density at radius 1 is 1.28 bits per heavy atom. The Labute approximate surface area is 166 Å². The molecular weight excluding hydrogens is 419 g/mol. The van der Waals surface area contributed by atoms with E-state index in [2.05, 4.69) is 5.32 Å². The number of nitrogens with one attached hydrogen (secondary N) is 1. The number of ether oxygens (including phenoxy) is 1. The van der Waals surface area contributed by atoms with E-state index in [1.54, 1.807) is 0 Å². The molecule has 1 N–H and O–H groups in total. The van der Waals surface area contributed by atoms with Gasteiger partial charge in [0.15, 0.2) is 5.75 Å². The van der Waals surface area contributed by atoms with Crippen LogP contribution in [-0.4, -0.2) is 29.9 Å². The van der Waals surface area contributed by atoms with Crippen molar-refractivity contribution in [3.8, 4) is 5.75 Å². The van der Waals surface area contributed by atoms with Crippen LogP contribution in [0.2, 0.25) is 5.02 Å². The van der Waals surface area contributed by atoms with Gasteiger partial charge in [0.1, 0.15) is 6.54 Å². The predicted octanol–water partition coefficient (Wildman–Crippen LogP) is 3.63. The van der Waals surface area contributed by atoms with Crippen molar-refractivity contribution in [2.45, 2.75) is 6.18 Å². The number of alkyl halides is 3. The summed E-state index contributed by atoms with van der Waals surface area (Å²) in [6.07, 6.45) is -4.62. The first-order valence-electron chi connectivity index (χ1n) is 7.95. The van der Waals surface area contributed by atoms with E-state index in [0.717, 1.165) is 18.2 Å². The standard InChI is InChI=1S/C17H11ClF3N3O5/c18-11-3-1-9(17(19,20)21)5-12(11)22-15(25)7-23-8-16(26)29-14-6-10(24(27)28)2-4-13(14)23/h1-6H,7-8H2,(H,22,25). The molecule has 1 heterocycles. The third kappa shape index (κ3) is 4.57. The lowest BCUT2D eigenvalue weighted by atomic mass is 10.2. The Morgan fingerprint density at radius 3 is 2.66 bits per heavy atom. The first-order valence-corrected chi connectivity index (χ1v) is 8.33. The average molecular weight is 430 g/mol. The van der Waals surface area contributed by atoms with Crippen LogP contribution >= 0.6 is 11.6 Å². The van der Waals surface area contributed by atoms with E-state index >= 15 is 0 Å². The van der Waals surface area contributed by atoms with Crippen molar-refractivity contribution in [1.29, 1.82) is 0 Å². The van der Waals surface area contributed by atoms with E-state index in [0.29, 0.717) is 6.07 Å². The van der Waals surface area contributed by atoms with Gasteiger partial charge in [-0.15, -0.1) is 0 Å². The zero-order chi connectivity index (χ0) is 21.3. The molecule has 1 aliphatic rings. The molecule has 0 atom stereocenters. The molecule has 152 valence electrons. The third-order valence-corrected chi connectivity index (χ3v) is 4.27. The van der Waals surface area contributed by atoms with Crippen LogP contribution in [0.5, 0.6) is 5.75 Å². The fraction of sp³-hybridized carbons (Fsp3) is 0.176. The number of esters is 1. The summed E-state index contributed by atoms with van der Waals surface area (Å²) in [4.78, 5) is 35.6. The van der Waals surface area contributed by atoms with Crippen molar-refractivity contribution in [3.05, 3.63) is 57.1 Å². The average Bonchev–Trinajstić information content (AvgIpc) is 2.61. The normalized spacial score (nSPS) is 13.5. The Morgan fingerprint density at radius 2 is 2.00 bits per heavy atom. The SMILES string of the molecule is O=C(CN1CC(=O)Oc2cc([N+](=O)[O-])ccc21)Nc1cc(C(F)(F)F)ccc1Cl. The molecule has 0 saturated heterocycles. The number of fused-ring (bicyclic) bond motifs is 1. The van der Waals surface area contributed by atoms with Gasteiger partial charge >= 0.3 is 12.1 Å². The molecule has 29 heavy (non-hydrogen) atoms. The number of halogens is 4. The lowest BCUT2D eigenvalue weighted by molar-refractivity contribution is -0.384. The highest BCUT2D eigenvalue weighted by atomic mass is 35.5. The topological polar surface area (TPSA) is 102 Å². The fourth-order valence-electron chi connectivity index (χ4n) is 2.66. The summed E-state index contributed by atoms with van der Waals surface area (Å²) in [5.41, 5.74) is -1.29. The van der Waals surface area contributed by atoms with Crippen LogP contribution in [0.3, 0.4) is 0 Å². The Hall–Kier alpha value is -3.34. The first-order chi connectivity index (χ1) is 13.5. The molecule has 0 saturated carbocycles. The molecule has 0 aliphatic carbocycles. The number of carbonyl (C=O) groups is 2. The number of nitrogens with zero attached hydrogens (tertiary/aromatic N) is 2. The molecule has 12 heteroatoms. The Kier molecular flexibility index (Phi) is 5.33. The van der Waals surface area contributed by atoms with Crippen molar-refractivity contribution in [3.63, 3.8) is 0 Å². The molecule has 0 bridgehead atoms. The molecule has 0 spiro atoms. The van der Waals surface area contributed by atoms with Gasteiger partial charge < -0.3 is 15.0 Å². The first kappa shape index (κ1) is 20.4. The zero-order valence-electron chi connectivity index (χ0n) is 14.3. The van der Waals surface area contributed by atoms with Crippen molar-refractivity contribution in [1.82, 2.24) is 0 Å². The van der Waals surface area contributed by atoms with Crippen LogP contribution in [0.25, 0.3) is 0 Å². The number of anilines is 2. The highest BCUT2D eigenvalue weighted by Crippen LogP contribution is 2.36. The predicted molar refractivity (Wildman–Crippen MR) is 96.0 cm³/mol. The largest absolute Gasteiger partial charge is 0.423 e. The maximum atomic E-state index is 12.8. The number of nitro benzene ring substituents is 1. The van der Waals surface area contributed by atoms with Gasteiger partial charge in [-0.3, -0.25) is 14.9 Å². The van der Waals surface area contributed by atoms with E-state index in [1.807, 2.05) is 0 Å². The number of benzene rings is 2. The Bertz CT molecular complexity index is 1010. The number of hydrogen-bond donors (Lipinski definition) is 1. The second kappa shape index (κ2) is 7.59. The number of rotatable bonds is 4. The number of carbonyl (C=O) groups excluding carboxylic acids is 2. The van der Waals surface area contributed by atoms with Gasteiger partial charge in [0.05, 0.1) is 39.5 Å². The van der Waals surface area contributed by atoms with Crippen LogP contribution in [0.4, 0.5) is 30.2 Å². The maximum Gasteiger partial charge on any atom is 0.416 e. The van der Waals surface area contributed by atoms with Crippen LogP contribution < -0.4 is 15.0 Å². The van der Waals surface area contributed by atoms with E-state index in [4.69, 9.17) is 16.3 Å². The van der Waals surface area contributed by atoms with Crippen molar-refractivity contribution >= 4 is 40.5 Å². The van der Waals surface area contributed by atoms with Gasteiger partial charge in [-0.05, 0) is 24.3 Å². The number of non-ortho nitro benzene ring substituents is 1. The van der Waals surface area contributed by atoms with Crippen LogP contribution in [-0.2, 0) is 15.8 Å². The van der Waals surface area contributed by atoms with E-state index < -0.39 is 35.1 Å². The molecule has 1 amide bonds. The second-order valence-electron chi connectivity index (χ2n) is 5.98. The molecule has 0 aromatic heterocycles.